The number of aromatic nitrogens is 1. The van der Waals surface area contributed by atoms with Gasteiger partial charge in [-0.3, -0.25) is 9.89 Å². The fourth-order valence-electron chi connectivity index (χ4n) is 3.25. The highest BCUT2D eigenvalue weighted by Gasteiger charge is 2.22. The van der Waals surface area contributed by atoms with E-state index in [2.05, 4.69) is 32.4 Å². The number of likely N-dealkylation sites (tertiary alicyclic amines) is 1. The van der Waals surface area contributed by atoms with E-state index in [-0.39, 0.29) is 24.0 Å². The minimum absolute atomic E-state index is 0. The molecule has 6 nitrogen and oxygen atoms in total. The maximum Gasteiger partial charge on any atom is 0.226 e. The summed E-state index contributed by atoms with van der Waals surface area (Å²) in [6.07, 6.45) is 4.23. The molecule has 3 rings (SSSR count). The lowest BCUT2D eigenvalue weighted by Gasteiger charge is -2.23. The molecular weight excluding hydrogens is 441 g/mol. The summed E-state index contributed by atoms with van der Waals surface area (Å²) in [5.41, 5.74) is 1.84. The van der Waals surface area contributed by atoms with Gasteiger partial charge in [0.25, 0.3) is 0 Å². The summed E-state index contributed by atoms with van der Waals surface area (Å²) < 4.78 is 5.57. The first-order chi connectivity index (χ1) is 12.3. The van der Waals surface area contributed by atoms with Crippen molar-refractivity contribution in [3.63, 3.8) is 0 Å². The number of oxazole rings is 1. The molecule has 1 aromatic heterocycles. The van der Waals surface area contributed by atoms with Crippen molar-refractivity contribution in [3.05, 3.63) is 42.3 Å². The Kier molecular flexibility index (Phi) is 8.37. The maximum absolute atomic E-state index is 5.57. The Morgan fingerprint density at radius 3 is 2.85 bits per heavy atom. The van der Waals surface area contributed by atoms with Gasteiger partial charge in [0, 0.05) is 25.2 Å². The van der Waals surface area contributed by atoms with Crippen LogP contribution in [-0.4, -0.2) is 48.6 Å². The van der Waals surface area contributed by atoms with Gasteiger partial charge < -0.3 is 15.1 Å². The van der Waals surface area contributed by atoms with Crippen LogP contribution in [0.1, 0.15) is 25.5 Å². The number of nitrogens with zero attached hydrogens (tertiary/aromatic N) is 3. The van der Waals surface area contributed by atoms with Gasteiger partial charge in [-0.15, -0.1) is 24.0 Å². The third-order valence-corrected chi connectivity index (χ3v) is 4.64. The lowest BCUT2D eigenvalue weighted by atomic mass is 10.2. The predicted octanol–water partition coefficient (Wildman–Crippen LogP) is 3.11. The van der Waals surface area contributed by atoms with E-state index in [1.165, 1.54) is 19.4 Å². The molecule has 1 saturated heterocycles. The molecule has 0 radical (unpaired) electrons. The minimum atomic E-state index is 0. The Balaban J connectivity index is 0.00000243. The number of hydrogen-bond acceptors (Lipinski definition) is 4. The Bertz CT molecular complexity index is 688. The molecule has 1 unspecified atom stereocenters. The zero-order chi connectivity index (χ0) is 17.5. The summed E-state index contributed by atoms with van der Waals surface area (Å²) in [4.78, 5) is 11.3. The van der Waals surface area contributed by atoms with Crippen molar-refractivity contribution in [2.24, 2.45) is 4.99 Å². The lowest BCUT2D eigenvalue weighted by Crippen LogP contribution is -2.44. The zero-order valence-electron chi connectivity index (χ0n) is 15.4. The molecule has 142 valence electrons. The third kappa shape index (κ3) is 5.44. The van der Waals surface area contributed by atoms with E-state index >= 15 is 0 Å². The molecule has 2 aromatic rings. The molecule has 1 atom stereocenters. The standard InChI is InChI=1S/C19H27N5O.HI/c1-3-24-11-7-10-17(24)13-22-19(20-2)21-12-16-14-25-18(23-16)15-8-5-4-6-9-15;/h4-6,8-9,14,17H,3,7,10-13H2,1-2H3,(H2,20,21,22);1H. The van der Waals surface area contributed by atoms with Crippen LogP contribution in [-0.2, 0) is 6.54 Å². The molecule has 1 aliphatic heterocycles. The summed E-state index contributed by atoms with van der Waals surface area (Å²) in [5.74, 6) is 1.44. The maximum atomic E-state index is 5.57. The number of hydrogen-bond donors (Lipinski definition) is 2. The van der Waals surface area contributed by atoms with E-state index in [4.69, 9.17) is 4.42 Å². The van der Waals surface area contributed by atoms with Gasteiger partial charge in [0.05, 0.1) is 12.2 Å². The van der Waals surface area contributed by atoms with Crippen LogP contribution in [0.3, 0.4) is 0 Å². The molecule has 0 saturated carbocycles. The molecule has 2 heterocycles. The fourth-order valence-corrected chi connectivity index (χ4v) is 3.25. The SMILES string of the molecule is CCN1CCCC1CNC(=NC)NCc1coc(-c2ccccc2)n1.I. The molecule has 2 N–H and O–H groups in total. The number of nitrogens with one attached hydrogen (secondary N) is 2. The number of benzene rings is 1. The highest BCUT2D eigenvalue weighted by Crippen LogP contribution is 2.18. The highest BCUT2D eigenvalue weighted by atomic mass is 127. The van der Waals surface area contributed by atoms with Crippen LogP contribution in [0, 0.1) is 0 Å². The van der Waals surface area contributed by atoms with Crippen molar-refractivity contribution >= 4 is 29.9 Å². The van der Waals surface area contributed by atoms with Crippen LogP contribution in [0.15, 0.2) is 46.0 Å². The Morgan fingerprint density at radius 2 is 2.12 bits per heavy atom. The Hall–Kier alpha value is -1.61. The molecule has 0 bridgehead atoms. The lowest BCUT2D eigenvalue weighted by molar-refractivity contribution is 0.267. The summed E-state index contributed by atoms with van der Waals surface area (Å²) in [6, 6.07) is 10.5. The molecule has 1 aromatic carbocycles. The summed E-state index contributed by atoms with van der Waals surface area (Å²) >= 11 is 0. The summed E-state index contributed by atoms with van der Waals surface area (Å²) in [5, 5.41) is 6.73. The second kappa shape index (κ2) is 10.5. The van der Waals surface area contributed by atoms with E-state index in [1.54, 1.807) is 13.3 Å². The van der Waals surface area contributed by atoms with Crippen LogP contribution in [0.2, 0.25) is 0 Å². The van der Waals surface area contributed by atoms with Gasteiger partial charge >= 0.3 is 0 Å². The fraction of sp³-hybridized carbons (Fsp3) is 0.474. The first-order valence-electron chi connectivity index (χ1n) is 8.98. The van der Waals surface area contributed by atoms with Crippen LogP contribution in [0.5, 0.6) is 0 Å². The van der Waals surface area contributed by atoms with Gasteiger partial charge in [-0.2, -0.15) is 0 Å². The number of guanidine groups is 1. The van der Waals surface area contributed by atoms with Crippen molar-refractivity contribution in [2.75, 3.05) is 26.7 Å². The summed E-state index contributed by atoms with van der Waals surface area (Å²) in [6.45, 7) is 6.04. The van der Waals surface area contributed by atoms with Gasteiger partial charge in [-0.25, -0.2) is 4.98 Å². The van der Waals surface area contributed by atoms with E-state index < -0.39 is 0 Å². The number of halogens is 1. The first kappa shape index (κ1) is 20.7. The molecule has 0 spiro atoms. The van der Waals surface area contributed by atoms with Crippen molar-refractivity contribution in [1.29, 1.82) is 0 Å². The number of aliphatic imine (C=N–C) groups is 1. The Morgan fingerprint density at radius 1 is 1.31 bits per heavy atom. The van der Waals surface area contributed by atoms with E-state index in [0.29, 0.717) is 18.5 Å². The zero-order valence-corrected chi connectivity index (χ0v) is 17.8. The van der Waals surface area contributed by atoms with Crippen LogP contribution < -0.4 is 10.6 Å². The van der Waals surface area contributed by atoms with E-state index in [9.17, 15) is 0 Å². The van der Waals surface area contributed by atoms with Crippen LogP contribution in [0.25, 0.3) is 11.5 Å². The van der Waals surface area contributed by atoms with Gasteiger partial charge in [0.15, 0.2) is 5.96 Å². The molecule has 0 amide bonds. The largest absolute Gasteiger partial charge is 0.444 e. The number of likely N-dealkylation sites (N-methyl/N-ethyl adjacent to an activating group) is 1. The van der Waals surface area contributed by atoms with Gasteiger partial charge in [0.1, 0.15) is 6.26 Å². The molecular formula is C19H28IN5O. The second-order valence-corrected chi connectivity index (χ2v) is 6.24. The molecule has 1 fully saturated rings. The van der Waals surface area contributed by atoms with Gasteiger partial charge in [0.2, 0.25) is 5.89 Å². The van der Waals surface area contributed by atoms with E-state index in [1.807, 2.05) is 30.3 Å². The van der Waals surface area contributed by atoms with E-state index in [0.717, 1.165) is 30.3 Å². The smallest absolute Gasteiger partial charge is 0.226 e. The van der Waals surface area contributed by atoms with Crippen LogP contribution >= 0.6 is 24.0 Å². The summed E-state index contributed by atoms with van der Waals surface area (Å²) in [7, 11) is 1.79. The quantitative estimate of drug-likeness (QED) is 0.387. The highest BCUT2D eigenvalue weighted by molar-refractivity contribution is 14.0. The average molecular weight is 469 g/mol. The first-order valence-corrected chi connectivity index (χ1v) is 8.98. The van der Waals surface area contributed by atoms with Crippen molar-refractivity contribution in [2.45, 2.75) is 32.4 Å². The molecule has 26 heavy (non-hydrogen) atoms. The topological polar surface area (TPSA) is 65.7 Å². The van der Waals surface area contributed by atoms with Crippen LogP contribution in [0.4, 0.5) is 0 Å². The normalized spacial score (nSPS) is 17.8. The minimum Gasteiger partial charge on any atom is -0.444 e. The van der Waals surface area contributed by atoms with Gasteiger partial charge in [-0.05, 0) is 38.1 Å². The van der Waals surface area contributed by atoms with Crippen molar-refractivity contribution in [3.8, 4) is 11.5 Å². The second-order valence-electron chi connectivity index (χ2n) is 6.24. The number of rotatable bonds is 6. The monoisotopic (exact) mass is 469 g/mol. The third-order valence-electron chi connectivity index (χ3n) is 4.64. The Labute approximate surface area is 172 Å². The van der Waals surface area contributed by atoms with Gasteiger partial charge in [-0.1, -0.05) is 25.1 Å². The molecule has 7 heteroatoms. The molecule has 1 aliphatic rings. The average Bonchev–Trinajstić information content (AvgIpc) is 3.31. The van der Waals surface area contributed by atoms with Crippen molar-refractivity contribution < 1.29 is 4.42 Å². The van der Waals surface area contributed by atoms with Crippen molar-refractivity contribution in [1.82, 2.24) is 20.5 Å². The predicted molar refractivity (Wildman–Crippen MR) is 116 cm³/mol. The molecule has 0 aliphatic carbocycles.